The van der Waals surface area contributed by atoms with Gasteiger partial charge in [-0.05, 0) is 12.1 Å². The van der Waals surface area contributed by atoms with E-state index in [-0.39, 0.29) is 11.8 Å². The lowest BCUT2D eigenvalue weighted by Crippen LogP contribution is -2.31. The highest BCUT2D eigenvalue weighted by molar-refractivity contribution is 6.39. The number of nitrogens with one attached hydrogen (secondary N) is 2. The van der Waals surface area contributed by atoms with E-state index in [2.05, 4.69) is 15.6 Å². The van der Waals surface area contributed by atoms with Gasteiger partial charge in [-0.25, -0.2) is 0 Å². The van der Waals surface area contributed by atoms with Gasteiger partial charge in [-0.1, -0.05) is 19.9 Å². The van der Waals surface area contributed by atoms with Crippen LogP contribution >= 0.6 is 0 Å². The first-order valence-electron chi connectivity index (χ1n) is 5.25. The van der Waals surface area contributed by atoms with Crippen LogP contribution in [0.15, 0.2) is 29.3 Å². The molecule has 1 rings (SSSR count). The average Bonchev–Trinajstić information content (AvgIpc) is 2.31. The van der Waals surface area contributed by atoms with Crippen LogP contribution in [0.4, 0.5) is 0 Å². The van der Waals surface area contributed by atoms with Gasteiger partial charge in [0.1, 0.15) is 11.5 Å². The molecule has 5 heteroatoms. The van der Waals surface area contributed by atoms with Crippen molar-refractivity contribution in [1.82, 2.24) is 10.6 Å². The number of amides is 1. The lowest BCUT2D eigenvalue weighted by Gasteiger charge is -2.15. The molecule has 5 nitrogen and oxygen atoms in total. The summed E-state index contributed by atoms with van der Waals surface area (Å²) in [5.74, 6) is 0.448. The minimum Gasteiger partial charge on any atom is -0.373 e. The van der Waals surface area contributed by atoms with E-state index in [0.717, 1.165) is 5.82 Å². The Morgan fingerprint density at radius 2 is 2.25 bits per heavy atom. The summed E-state index contributed by atoms with van der Waals surface area (Å²) in [6.45, 7) is 3.96. The molecule has 0 fully saturated rings. The van der Waals surface area contributed by atoms with Gasteiger partial charge in [-0.15, -0.1) is 0 Å². The molecule has 1 aliphatic heterocycles. The van der Waals surface area contributed by atoms with Crippen molar-refractivity contribution < 1.29 is 4.79 Å². The second kappa shape index (κ2) is 5.34. The Kier molecular flexibility index (Phi) is 4.10. The zero-order valence-corrected chi connectivity index (χ0v) is 9.82. The number of primary amides is 1. The molecule has 88 valence electrons. The van der Waals surface area contributed by atoms with Gasteiger partial charge in [-0.3, -0.25) is 9.79 Å². The molecule has 16 heavy (non-hydrogen) atoms. The molecule has 0 spiro atoms. The highest BCUT2D eigenvalue weighted by Crippen LogP contribution is 2.15. The fourth-order valence-corrected chi connectivity index (χ4v) is 1.42. The van der Waals surface area contributed by atoms with Gasteiger partial charge in [0.05, 0.1) is 6.20 Å². The molecule has 1 heterocycles. The maximum absolute atomic E-state index is 11.3. The molecule has 0 aromatic carbocycles. The highest BCUT2D eigenvalue weighted by atomic mass is 16.1. The lowest BCUT2D eigenvalue weighted by molar-refractivity contribution is -0.112. The molecular formula is C11H18N4O. The van der Waals surface area contributed by atoms with E-state index in [0.29, 0.717) is 5.71 Å². The molecule has 1 aliphatic rings. The summed E-state index contributed by atoms with van der Waals surface area (Å²) in [6.07, 6.45) is 5.39. The number of allylic oxidation sites excluding steroid dienone is 1. The van der Waals surface area contributed by atoms with Crippen LogP contribution in [0.3, 0.4) is 0 Å². The SMILES string of the molecule is CN/C1=C/N=C(C(N)=O)C(C)C(C)/C=C\N1. The molecule has 0 saturated carbocycles. The summed E-state index contributed by atoms with van der Waals surface area (Å²) in [5.41, 5.74) is 5.71. The third-order valence-electron chi connectivity index (χ3n) is 2.71. The predicted molar refractivity (Wildman–Crippen MR) is 64.4 cm³/mol. The average molecular weight is 222 g/mol. The van der Waals surface area contributed by atoms with Gasteiger partial charge in [0.25, 0.3) is 5.91 Å². The molecule has 2 atom stereocenters. The van der Waals surface area contributed by atoms with Crippen LogP contribution in [0, 0.1) is 11.8 Å². The van der Waals surface area contributed by atoms with Crippen LogP contribution in [-0.2, 0) is 4.79 Å². The first-order chi connectivity index (χ1) is 7.56. The smallest absolute Gasteiger partial charge is 0.263 e. The van der Waals surface area contributed by atoms with Gasteiger partial charge < -0.3 is 16.4 Å². The summed E-state index contributed by atoms with van der Waals surface area (Å²) >= 11 is 0. The largest absolute Gasteiger partial charge is 0.373 e. The fraction of sp³-hybridized carbons (Fsp3) is 0.455. The van der Waals surface area contributed by atoms with E-state index in [1.165, 1.54) is 0 Å². The zero-order valence-electron chi connectivity index (χ0n) is 9.82. The summed E-state index contributed by atoms with van der Waals surface area (Å²) in [5, 5.41) is 5.96. The summed E-state index contributed by atoms with van der Waals surface area (Å²) in [6, 6.07) is 0. The molecule has 0 bridgehead atoms. The van der Waals surface area contributed by atoms with Crippen LogP contribution < -0.4 is 16.4 Å². The molecule has 0 aromatic rings. The van der Waals surface area contributed by atoms with Crippen molar-refractivity contribution in [2.24, 2.45) is 22.6 Å². The molecule has 1 amide bonds. The highest BCUT2D eigenvalue weighted by Gasteiger charge is 2.20. The van der Waals surface area contributed by atoms with E-state index >= 15 is 0 Å². The maximum Gasteiger partial charge on any atom is 0.263 e. The Morgan fingerprint density at radius 3 is 2.81 bits per heavy atom. The number of carbonyl (C=O) groups is 1. The first kappa shape index (κ1) is 12.3. The Morgan fingerprint density at radius 1 is 1.56 bits per heavy atom. The lowest BCUT2D eigenvalue weighted by atomic mass is 9.91. The van der Waals surface area contributed by atoms with E-state index in [1.807, 2.05) is 26.1 Å². The monoisotopic (exact) mass is 222 g/mol. The molecule has 2 unspecified atom stereocenters. The Labute approximate surface area is 95.5 Å². The second-order valence-corrected chi connectivity index (χ2v) is 3.82. The van der Waals surface area contributed by atoms with Crippen molar-refractivity contribution in [1.29, 1.82) is 0 Å². The maximum atomic E-state index is 11.3. The van der Waals surface area contributed by atoms with Crippen LogP contribution in [0.1, 0.15) is 13.8 Å². The number of aliphatic imine (C=N–C) groups is 1. The van der Waals surface area contributed by atoms with Crippen LogP contribution in [0.25, 0.3) is 0 Å². The van der Waals surface area contributed by atoms with Crippen molar-refractivity contribution in [2.75, 3.05) is 7.05 Å². The molecule has 0 radical (unpaired) electrons. The van der Waals surface area contributed by atoms with Gasteiger partial charge in [-0.2, -0.15) is 0 Å². The van der Waals surface area contributed by atoms with Crippen LogP contribution in [0.2, 0.25) is 0 Å². The molecule has 0 saturated heterocycles. The summed E-state index contributed by atoms with van der Waals surface area (Å²) in [7, 11) is 1.77. The number of nitrogens with zero attached hydrogens (tertiary/aromatic N) is 1. The van der Waals surface area contributed by atoms with Crippen LogP contribution in [0.5, 0.6) is 0 Å². The number of rotatable bonds is 2. The Bertz CT molecular complexity index is 357. The van der Waals surface area contributed by atoms with E-state index < -0.39 is 5.91 Å². The van der Waals surface area contributed by atoms with Gasteiger partial charge in [0.2, 0.25) is 0 Å². The zero-order chi connectivity index (χ0) is 12.1. The standard InChI is InChI=1S/C11H18N4O/c1-7-4-5-14-9(13-3)6-15-10(8(7)2)11(12)16/h4-8,13-14H,1-3H3,(H2,12,16)/b5-4-,9-6-,15-10?. The predicted octanol–water partition coefficient (Wildman–Crippen LogP) is 0.320. The number of nitrogens with two attached hydrogens (primary N) is 1. The van der Waals surface area contributed by atoms with E-state index in [4.69, 9.17) is 5.73 Å². The van der Waals surface area contributed by atoms with Crippen molar-refractivity contribution in [3.05, 3.63) is 24.3 Å². The first-order valence-corrected chi connectivity index (χ1v) is 5.25. The summed E-state index contributed by atoms with van der Waals surface area (Å²) < 4.78 is 0. The summed E-state index contributed by atoms with van der Waals surface area (Å²) in [4.78, 5) is 15.4. The molecule has 4 N–H and O–H groups in total. The van der Waals surface area contributed by atoms with E-state index in [9.17, 15) is 4.79 Å². The minimum atomic E-state index is -0.471. The third kappa shape index (κ3) is 2.85. The third-order valence-corrected chi connectivity index (χ3v) is 2.71. The minimum absolute atomic E-state index is 0.00278. The van der Waals surface area contributed by atoms with Crippen LogP contribution in [-0.4, -0.2) is 18.7 Å². The van der Waals surface area contributed by atoms with Crippen molar-refractivity contribution in [2.45, 2.75) is 13.8 Å². The van der Waals surface area contributed by atoms with Gasteiger partial charge in [0, 0.05) is 13.0 Å². The van der Waals surface area contributed by atoms with Crippen molar-refractivity contribution >= 4 is 11.6 Å². The Balaban J connectivity index is 3.09. The fourth-order valence-electron chi connectivity index (χ4n) is 1.42. The Hall–Kier alpha value is -1.78. The second-order valence-electron chi connectivity index (χ2n) is 3.82. The molecular weight excluding hydrogens is 204 g/mol. The van der Waals surface area contributed by atoms with E-state index in [1.54, 1.807) is 13.2 Å². The number of carbonyl (C=O) groups excluding carboxylic acids is 1. The topological polar surface area (TPSA) is 79.5 Å². The van der Waals surface area contributed by atoms with Gasteiger partial charge in [0.15, 0.2) is 0 Å². The number of hydrogen-bond acceptors (Lipinski definition) is 4. The molecule has 0 aliphatic carbocycles. The van der Waals surface area contributed by atoms with Crippen molar-refractivity contribution in [3.63, 3.8) is 0 Å². The van der Waals surface area contributed by atoms with Crippen molar-refractivity contribution in [3.8, 4) is 0 Å². The number of hydrogen-bond donors (Lipinski definition) is 3. The molecule has 0 aromatic heterocycles. The normalized spacial score (nSPS) is 30.7. The quantitative estimate of drug-likeness (QED) is 0.629. The van der Waals surface area contributed by atoms with Gasteiger partial charge >= 0.3 is 0 Å².